The Balaban J connectivity index is 0.000000127. The molecule has 0 aromatic carbocycles. The smallest absolute Gasteiger partial charge is 0.344 e. The van der Waals surface area contributed by atoms with E-state index in [1.807, 2.05) is 6.92 Å². The first-order chi connectivity index (χ1) is 57.4. The first kappa shape index (κ1) is 92.1. The van der Waals surface area contributed by atoms with Gasteiger partial charge >= 0.3 is 65.7 Å². The van der Waals surface area contributed by atoms with Gasteiger partial charge in [0.2, 0.25) is 0 Å². The highest BCUT2D eigenvalue weighted by molar-refractivity contribution is 7.87. The van der Waals surface area contributed by atoms with Gasteiger partial charge in [0.05, 0.1) is 35.7 Å². The number of aliphatic hydroxyl groups is 1. The third-order valence-corrected chi connectivity index (χ3v) is 32.7. The van der Waals surface area contributed by atoms with Crippen molar-refractivity contribution in [2.45, 2.75) is 312 Å². The van der Waals surface area contributed by atoms with Gasteiger partial charge in [-0.05, 0) is 291 Å². The van der Waals surface area contributed by atoms with Gasteiger partial charge in [0, 0.05) is 51.7 Å². The summed E-state index contributed by atoms with van der Waals surface area (Å²) in [6.45, 7) is 38.7. The maximum Gasteiger partial charge on any atom is 0.344 e. The topological polar surface area (TPSA) is 362 Å². The molecule has 674 valence electrons. The Labute approximate surface area is 717 Å². The lowest BCUT2D eigenvalue weighted by atomic mass is 9.47. The standard InChI is InChI=1S/C19H26O6.C17H22O9S.C17H26O2.C16H24O2.C14H20O3.C11H12O5/c1-11(2)18(22)24-9-16(20)23-10-17(21)25-19(3)14-5-12-4-13(7-14)8-15(19)6-12;1-9(2)17(20)24-6-5-23-13(18)3-4-14(19)25-15-10-7-11-12(8-10)27(21,22)26-16(11)15;1-10(2)16(18)19-17(11(3)4)14-6-12-5-13(8-14)9-15(17)7-12;1-4-16(18-15(17)10(2)3)13-6-11-5-12(8-13)9-14(16)7-11;1-9(2)12(15)17-14-6-10-3-11(7-14)5-13(16,4-10)8-14;1-4(2)10(12)15-8-6-3-5-7(14-6)9(8)16-11(5)13/h12-15H,1,4-10H2,2-3H3;10-12,15-16H,1,3-8H2,2H3;11-15H,1,5-9H2,2-4H3;11-14H,2,4-9H2,1,3H3;10-11,16H,1,3-8H2,2H3;5-9H,1,3H2,2H3. The molecule has 4 aliphatic heterocycles. The second-order valence-corrected chi connectivity index (χ2v) is 42.2. The summed E-state index contributed by atoms with van der Waals surface area (Å²) < 4.78 is 92.9. The van der Waals surface area contributed by atoms with Crippen molar-refractivity contribution in [3.63, 3.8) is 0 Å². The molecule has 1 N–H and O–H groups in total. The predicted molar refractivity (Wildman–Crippen MR) is 439 cm³/mol. The number of carbonyl (C=O) groups excluding carboxylic acids is 11. The Morgan fingerprint density at radius 1 is 0.459 bits per heavy atom. The molecule has 22 fully saturated rings. The maximum atomic E-state index is 12.2. The Kier molecular flexibility index (Phi) is 27.5. The summed E-state index contributed by atoms with van der Waals surface area (Å²) in [4.78, 5) is 128. The number of rotatable bonds is 24. The van der Waals surface area contributed by atoms with E-state index in [1.165, 1.54) is 90.9 Å². The van der Waals surface area contributed by atoms with E-state index in [1.54, 1.807) is 27.7 Å². The second kappa shape index (κ2) is 36.4. The highest BCUT2D eigenvalue weighted by atomic mass is 32.2. The molecule has 18 aliphatic carbocycles. The molecule has 0 spiro atoms. The molecule has 0 amide bonds. The summed E-state index contributed by atoms with van der Waals surface area (Å²) in [6, 6.07) is 0. The van der Waals surface area contributed by atoms with Crippen molar-refractivity contribution >= 4 is 75.8 Å². The monoisotopic (exact) mass is 1720 g/mol. The molecule has 122 heavy (non-hydrogen) atoms. The van der Waals surface area contributed by atoms with E-state index in [-0.39, 0.29) is 102 Å². The lowest BCUT2D eigenvalue weighted by Crippen LogP contribution is -2.62. The van der Waals surface area contributed by atoms with Crippen LogP contribution < -0.4 is 0 Å². The van der Waals surface area contributed by atoms with Gasteiger partial charge in [-0.3, -0.25) is 18.6 Å². The third kappa shape index (κ3) is 19.4. The highest BCUT2D eigenvalue weighted by Gasteiger charge is 2.68. The quantitative estimate of drug-likeness (QED) is 0.0308. The lowest BCUT2D eigenvalue weighted by molar-refractivity contribution is -0.221. The van der Waals surface area contributed by atoms with Gasteiger partial charge < -0.3 is 61.9 Å². The molecular weight excluding hydrogens is 1590 g/mol. The molecule has 4 saturated heterocycles. The minimum atomic E-state index is -3.56. The van der Waals surface area contributed by atoms with E-state index < -0.39 is 112 Å². The van der Waals surface area contributed by atoms with Crippen molar-refractivity contribution in [1.29, 1.82) is 0 Å². The largest absolute Gasteiger partial charge is 0.462 e. The van der Waals surface area contributed by atoms with Crippen molar-refractivity contribution in [2.24, 2.45) is 107 Å². The van der Waals surface area contributed by atoms with Crippen molar-refractivity contribution < 1.29 is 127 Å². The fraction of sp³-hybridized carbons (Fsp3) is 0.755. The fourth-order valence-electron chi connectivity index (χ4n) is 26.5. The first-order valence-electron chi connectivity index (χ1n) is 44.8. The molecule has 20 bridgehead atoms. The maximum absolute atomic E-state index is 12.2. The van der Waals surface area contributed by atoms with Crippen LogP contribution in [-0.2, 0) is 124 Å². The van der Waals surface area contributed by atoms with Crippen LogP contribution in [0.4, 0.5) is 0 Å². The summed E-state index contributed by atoms with van der Waals surface area (Å²) >= 11 is 0. The van der Waals surface area contributed by atoms with Gasteiger partial charge in [-0.1, -0.05) is 60.2 Å². The molecule has 12 unspecified atom stereocenters. The molecule has 0 aromatic heterocycles. The first-order valence-corrected chi connectivity index (χ1v) is 46.3. The predicted octanol–water partition coefficient (Wildman–Crippen LogP) is 12.9. The Hall–Kier alpha value is -7.56. The third-order valence-electron chi connectivity index (χ3n) is 30.9. The number of hydrogen-bond acceptors (Lipinski definition) is 27. The second-order valence-electron chi connectivity index (χ2n) is 40.4. The zero-order chi connectivity index (χ0) is 88.4. The lowest BCUT2D eigenvalue weighted by Gasteiger charge is -2.61. The van der Waals surface area contributed by atoms with Crippen LogP contribution in [0.2, 0.25) is 0 Å². The van der Waals surface area contributed by atoms with Crippen molar-refractivity contribution in [1.82, 2.24) is 0 Å². The Bertz CT molecular complexity index is 4180. The van der Waals surface area contributed by atoms with Gasteiger partial charge in [0.25, 0.3) is 10.1 Å². The molecule has 18 saturated carbocycles. The SMILES string of the molecule is C=C(C)C(=O)OC1(C(C)C)C2CC3CC(C2)CC1C3.C=C(C)C(=O)OC1(CC)C2CC3CC(C2)CC1C3.C=C(C)C(=O)OC12CC3CC(CC(O)(C3)C1)C2.C=C(C)C(=O)OC1C2CC3C(=O)OC1C3O2.C=C(C)C(=O)OCC(=O)OCC(=O)OC1(C)C2CC3CC(C2)CC1C3.C=C(C)C(=O)OCCOC(=O)CCC(=O)OC1C2CC3C1OS(=O)(=O)C3C2. The number of hydrogen-bond donors (Lipinski definition) is 1. The summed E-state index contributed by atoms with van der Waals surface area (Å²) in [6.07, 6.45) is 24.3. The molecule has 12 atom stereocenters. The van der Waals surface area contributed by atoms with Crippen LogP contribution in [0, 0.1) is 107 Å². The molecule has 0 aromatic rings. The van der Waals surface area contributed by atoms with E-state index in [4.69, 9.17) is 56.3 Å². The normalized spacial score (nSPS) is 40.0. The van der Waals surface area contributed by atoms with Gasteiger partial charge in [-0.2, -0.15) is 8.42 Å². The minimum Gasteiger partial charge on any atom is -0.462 e. The summed E-state index contributed by atoms with van der Waals surface area (Å²) in [5, 5.41) is 10.0. The molecular formula is C94H130O27S. The van der Waals surface area contributed by atoms with Crippen LogP contribution in [0.15, 0.2) is 72.9 Å². The van der Waals surface area contributed by atoms with Gasteiger partial charge in [0.15, 0.2) is 25.4 Å². The molecule has 22 rings (SSSR count). The Morgan fingerprint density at radius 3 is 1.42 bits per heavy atom. The Morgan fingerprint density at radius 2 is 0.918 bits per heavy atom. The number of carbonyl (C=O) groups is 11. The molecule has 4 heterocycles. The van der Waals surface area contributed by atoms with E-state index in [2.05, 4.69) is 65.0 Å². The zero-order valence-corrected chi connectivity index (χ0v) is 73.9. The van der Waals surface area contributed by atoms with Crippen molar-refractivity contribution in [2.75, 3.05) is 26.4 Å². The van der Waals surface area contributed by atoms with E-state index in [9.17, 15) is 66.3 Å². The molecule has 0 radical (unpaired) electrons. The summed E-state index contributed by atoms with van der Waals surface area (Å²) in [5.74, 6) is 4.55. The summed E-state index contributed by atoms with van der Waals surface area (Å²) in [7, 11) is -3.56. The van der Waals surface area contributed by atoms with Crippen LogP contribution >= 0.6 is 0 Å². The van der Waals surface area contributed by atoms with Gasteiger partial charge in [0.1, 0.15) is 53.9 Å². The number of ether oxygens (including phenoxy) is 12. The van der Waals surface area contributed by atoms with Crippen molar-refractivity contribution in [3.8, 4) is 0 Å². The van der Waals surface area contributed by atoms with Crippen LogP contribution in [0.3, 0.4) is 0 Å². The molecule has 28 heteroatoms. The summed E-state index contributed by atoms with van der Waals surface area (Å²) in [5.41, 5.74) is 0.531. The van der Waals surface area contributed by atoms with Crippen LogP contribution in [0.5, 0.6) is 0 Å². The number of esters is 11. The van der Waals surface area contributed by atoms with E-state index >= 15 is 0 Å². The van der Waals surface area contributed by atoms with E-state index in [0.717, 1.165) is 93.3 Å². The zero-order valence-electron chi connectivity index (χ0n) is 73.1. The molecule has 27 nitrogen and oxygen atoms in total. The average Bonchev–Trinajstić information content (AvgIpc) is 1.70. The number of fused-ring (bicyclic) bond motifs is 2. The van der Waals surface area contributed by atoms with Crippen LogP contribution in [0.25, 0.3) is 0 Å². The van der Waals surface area contributed by atoms with Gasteiger partial charge in [-0.25, -0.2) is 38.4 Å². The van der Waals surface area contributed by atoms with E-state index in [0.29, 0.717) is 101 Å². The van der Waals surface area contributed by atoms with Crippen molar-refractivity contribution in [3.05, 3.63) is 72.9 Å². The van der Waals surface area contributed by atoms with Gasteiger partial charge in [-0.15, -0.1) is 0 Å². The fourth-order valence-corrected chi connectivity index (χ4v) is 28.4. The molecule has 22 aliphatic rings. The highest BCUT2D eigenvalue weighted by Crippen LogP contribution is 2.65. The minimum absolute atomic E-state index is 0.0128. The van der Waals surface area contributed by atoms with Crippen LogP contribution in [-0.4, -0.2) is 175 Å². The van der Waals surface area contributed by atoms with Crippen LogP contribution in [0.1, 0.15) is 243 Å². The average molecular weight is 1720 g/mol.